The van der Waals surface area contributed by atoms with Crippen molar-refractivity contribution in [3.63, 3.8) is 0 Å². The first-order valence-corrected chi connectivity index (χ1v) is 6.68. The number of rotatable bonds is 4. The van der Waals surface area contributed by atoms with Crippen LogP contribution in [0.3, 0.4) is 0 Å². The van der Waals surface area contributed by atoms with Crippen LogP contribution in [0.2, 0.25) is 0 Å². The van der Waals surface area contributed by atoms with Crippen molar-refractivity contribution in [1.29, 1.82) is 0 Å². The quantitative estimate of drug-likeness (QED) is 0.859. The maximum Gasteiger partial charge on any atom is 0.357 e. The molecule has 2 aromatic heterocycles. The Morgan fingerprint density at radius 3 is 2.88 bits per heavy atom. The van der Waals surface area contributed by atoms with E-state index in [2.05, 4.69) is 9.97 Å². The van der Waals surface area contributed by atoms with Gasteiger partial charge in [0.25, 0.3) is 0 Å². The van der Waals surface area contributed by atoms with E-state index in [1.165, 1.54) is 22.7 Å². The zero-order valence-corrected chi connectivity index (χ0v) is 10.7. The standard InChI is InChI=1S/C10H10N2O3S2/c1-2-15-10(14)7-5-17-9(12-7)6-4-16-8(3-13)11-6/h4-5,13H,2-3H2,1H3. The lowest BCUT2D eigenvalue weighted by Gasteiger charge is -1.95. The molecule has 0 atom stereocenters. The van der Waals surface area contributed by atoms with Crippen LogP contribution in [0.25, 0.3) is 10.7 Å². The molecule has 0 aliphatic rings. The number of hydrogen-bond donors (Lipinski definition) is 1. The molecule has 7 heteroatoms. The van der Waals surface area contributed by atoms with Gasteiger partial charge in [-0.2, -0.15) is 0 Å². The lowest BCUT2D eigenvalue weighted by Crippen LogP contribution is -2.04. The van der Waals surface area contributed by atoms with Crippen molar-refractivity contribution in [3.05, 3.63) is 21.5 Å². The molecule has 2 aromatic rings. The molecular weight excluding hydrogens is 260 g/mol. The minimum atomic E-state index is -0.424. The molecule has 0 bridgehead atoms. The highest BCUT2D eigenvalue weighted by Gasteiger charge is 2.14. The van der Waals surface area contributed by atoms with Crippen molar-refractivity contribution in [3.8, 4) is 10.7 Å². The van der Waals surface area contributed by atoms with Crippen LogP contribution < -0.4 is 0 Å². The highest BCUT2D eigenvalue weighted by Crippen LogP contribution is 2.25. The summed E-state index contributed by atoms with van der Waals surface area (Å²) in [5, 5.41) is 13.7. The summed E-state index contributed by atoms with van der Waals surface area (Å²) < 4.78 is 4.85. The Labute approximate surface area is 106 Å². The van der Waals surface area contributed by atoms with Crippen molar-refractivity contribution in [2.24, 2.45) is 0 Å². The average Bonchev–Trinajstić information content (AvgIpc) is 2.98. The number of esters is 1. The van der Waals surface area contributed by atoms with Crippen molar-refractivity contribution in [1.82, 2.24) is 9.97 Å². The summed E-state index contributed by atoms with van der Waals surface area (Å²) in [7, 11) is 0. The van der Waals surface area contributed by atoms with E-state index in [9.17, 15) is 4.79 Å². The number of aliphatic hydroxyl groups is 1. The fourth-order valence-corrected chi connectivity index (χ4v) is 2.63. The summed E-state index contributed by atoms with van der Waals surface area (Å²) >= 11 is 2.69. The number of thiazole rings is 2. The number of ether oxygens (including phenoxy) is 1. The molecule has 0 spiro atoms. The molecule has 5 nitrogen and oxygen atoms in total. The van der Waals surface area contributed by atoms with Gasteiger partial charge in [0.2, 0.25) is 0 Å². The molecule has 0 aliphatic carbocycles. The van der Waals surface area contributed by atoms with E-state index in [1.54, 1.807) is 17.7 Å². The third kappa shape index (κ3) is 2.68. The highest BCUT2D eigenvalue weighted by molar-refractivity contribution is 7.14. The van der Waals surface area contributed by atoms with Gasteiger partial charge in [-0.1, -0.05) is 0 Å². The zero-order valence-electron chi connectivity index (χ0n) is 9.04. The SMILES string of the molecule is CCOC(=O)c1csc(-c2csc(CO)n2)n1. The lowest BCUT2D eigenvalue weighted by atomic mass is 10.5. The van der Waals surface area contributed by atoms with E-state index in [-0.39, 0.29) is 6.61 Å². The van der Waals surface area contributed by atoms with Gasteiger partial charge < -0.3 is 9.84 Å². The summed E-state index contributed by atoms with van der Waals surface area (Å²) in [5.74, 6) is -0.424. The Morgan fingerprint density at radius 2 is 2.24 bits per heavy atom. The van der Waals surface area contributed by atoms with Crippen LogP contribution in [0.4, 0.5) is 0 Å². The van der Waals surface area contributed by atoms with Gasteiger partial charge in [0.15, 0.2) is 5.69 Å². The minimum Gasteiger partial charge on any atom is -0.461 e. The number of aliphatic hydroxyl groups excluding tert-OH is 1. The Bertz CT molecular complexity index is 521. The average molecular weight is 270 g/mol. The monoisotopic (exact) mass is 270 g/mol. The Hall–Kier alpha value is -1.31. The van der Waals surface area contributed by atoms with Gasteiger partial charge in [0, 0.05) is 10.8 Å². The van der Waals surface area contributed by atoms with Gasteiger partial charge in [-0.3, -0.25) is 0 Å². The van der Waals surface area contributed by atoms with Crippen LogP contribution in [-0.2, 0) is 11.3 Å². The molecule has 90 valence electrons. The van der Waals surface area contributed by atoms with Gasteiger partial charge >= 0.3 is 5.97 Å². The van der Waals surface area contributed by atoms with Crippen LogP contribution >= 0.6 is 22.7 Å². The van der Waals surface area contributed by atoms with Crippen molar-refractivity contribution in [2.45, 2.75) is 13.5 Å². The highest BCUT2D eigenvalue weighted by atomic mass is 32.1. The maximum atomic E-state index is 11.4. The molecule has 0 aromatic carbocycles. The van der Waals surface area contributed by atoms with E-state index in [0.717, 1.165) is 0 Å². The fraction of sp³-hybridized carbons (Fsp3) is 0.300. The molecule has 0 saturated carbocycles. The van der Waals surface area contributed by atoms with Gasteiger partial charge in [-0.15, -0.1) is 22.7 Å². The van der Waals surface area contributed by atoms with E-state index >= 15 is 0 Å². The molecule has 17 heavy (non-hydrogen) atoms. The second kappa shape index (κ2) is 5.35. The lowest BCUT2D eigenvalue weighted by molar-refractivity contribution is 0.0520. The van der Waals surface area contributed by atoms with E-state index in [1.807, 2.05) is 0 Å². The second-order valence-electron chi connectivity index (χ2n) is 3.04. The number of aromatic nitrogens is 2. The second-order valence-corrected chi connectivity index (χ2v) is 4.84. The molecule has 0 fully saturated rings. The topological polar surface area (TPSA) is 72.3 Å². The molecule has 1 N–H and O–H groups in total. The van der Waals surface area contributed by atoms with Gasteiger partial charge in [-0.05, 0) is 6.92 Å². The fourth-order valence-electron chi connectivity index (χ4n) is 1.17. The first-order chi connectivity index (χ1) is 8.24. The first kappa shape index (κ1) is 12.2. The first-order valence-electron chi connectivity index (χ1n) is 4.93. The van der Waals surface area contributed by atoms with Crippen LogP contribution in [0, 0.1) is 0 Å². The van der Waals surface area contributed by atoms with E-state index < -0.39 is 5.97 Å². The van der Waals surface area contributed by atoms with Crippen molar-refractivity contribution < 1.29 is 14.6 Å². The number of carbonyl (C=O) groups is 1. The summed E-state index contributed by atoms with van der Waals surface area (Å²) in [4.78, 5) is 19.7. The molecule has 0 aliphatic heterocycles. The third-order valence-electron chi connectivity index (χ3n) is 1.89. The molecule has 2 rings (SSSR count). The largest absolute Gasteiger partial charge is 0.461 e. The van der Waals surface area contributed by atoms with Crippen molar-refractivity contribution in [2.75, 3.05) is 6.61 Å². The molecular formula is C10H10N2O3S2. The zero-order chi connectivity index (χ0) is 12.3. The van der Waals surface area contributed by atoms with Gasteiger partial charge in [0.05, 0.1) is 13.2 Å². The predicted octanol–water partition coefficient (Wildman–Crippen LogP) is 1.94. The Morgan fingerprint density at radius 1 is 1.41 bits per heavy atom. The minimum absolute atomic E-state index is 0.0826. The summed E-state index contributed by atoms with van der Waals surface area (Å²) in [5.41, 5.74) is 0.977. The summed E-state index contributed by atoms with van der Waals surface area (Å²) in [6, 6.07) is 0. The normalized spacial score (nSPS) is 10.5. The molecule has 0 unspecified atom stereocenters. The molecule has 0 saturated heterocycles. The van der Waals surface area contributed by atoms with Gasteiger partial charge in [0.1, 0.15) is 15.7 Å². The molecule has 0 amide bonds. The van der Waals surface area contributed by atoms with Crippen LogP contribution in [0.5, 0.6) is 0 Å². The summed E-state index contributed by atoms with van der Waals surface area (Å²) in [6.07, 6.45) is 0. The molecule has 2 heterocycles. The van der Waals surface area contributed by atoms with E-state index in [4.69, 9.17) is 9.84 Å². The number of carbonyl (C=O) groups excluding carboxylic acids is 1. The summed E-state index contributed by atoms with van der Waals surface area (Å²) in [6.45, 7) is 2.00. The predicted molar refractivity (Wildman–Crippen MR) is 65.1 cm³/mol. The van der Waals surface area contributed by atoms with Crippen LogP contribution in [-0.4, -0.2) is 27.7 Å². The third-order valence-corrected chi connectivity index (χ3v) is 3.59. The Kier molecular flexibility index (Phi) is 3.82. The van der Waals surface area contributed by atoms with E-state index in [0.29, 0.717) is 28.0 Å². The van der Waals surface area contributed by atoms with Crippen LogP contribution in [0.15, 0.2) is 10.8 Å². The maximum absolute atomic E-state index is 11.4. The number of hydrogen-bond acceptors (Lipinski definition) is 7. The van der Waals surface area contributed by atoms with Gasteiger partial charge in [-0.25, -0.2) is 14.8 Å². The van der Waals surface area contributed by atoms with Crippen molar-refractivity contribution >= 4 is 28.6 Å². The van der Waals surface area contributed by atoms with Crippen LogP contribution in [0.1, 0.15) is 22.4 Å². The molecule has 0 radical (unpaired) electrons. The smallest absolute Gasteiger partial charge is 0.357 e. The Balaban J connectivity index is 2.20. The number of nitrogens with zero attached hydrogens (tertiary/aromatic N) is 2.